The highest BCUT2D eigenvalue weighted by Gasteiger charge is 2.13. The van der Waals surface area contributed by atoms with Crippen LogP contribution in [0.1, 0.15) is 5.56 Å². The van der Waals surface area contributed by atoms with Crippen LogP contribution in [0.25, 0.3) is 22.6 Å². The lowest BCUT2D eigenvalue weighted by Gasteiger charge is -2.10. The molecule has 0 spiro atoms. The SMILES string of the molecule is c1ccc([CH2][Al][O]c2ccccc2-c2nc3ccccc3o2)cc1. The zero-order valence-electron chi connectivity index (χ0n) is 13.1. The van der Waals surface area contributed by atoms with Gasteiger partial charge in [0.2, 0.25) is 5.89 Å². The number of aromatic nitrogens is 1. The first-order valence-corrected chi connectivity index (χ1v) is 9.16. The minimum Gasteiger partial charge on any atom is -0.647 e. The highest BCUT2D eigenvalue weighted by molar-refractivity contribution is 6.28. The Hall–Kier alpha value is -2.54. The third-order valence-corrected chi connectivity index (χ3v) is 4.84. The molecule has 0 saturated carbocycles. The lowest BCUT2D eigenvalue weighted by Crippen LogP contribution is -2.07. The first kappa shape index (κ1) is 15.0. The molecule has 0 bridgehead atoms. The van der Waals surface area contributed by atoms with E-state index in [1.54, 1.807) is 0 Å². The van der Waals surface area contributed by atoms with Crippen molar-refractivity contribution in [3.63, 3.8) is 0 Å². The summed E-state index contributed by atoms with van der Waals surface area (Å²) >= 11 is -0.181. The molecule has 4 heteroatoms. The van der Waals surface area contributed by atoms with E-state index in [0.29, 0.717) is 5.89 Å². The quantitative estimate of drug-likeness (QED) is 0.498. The predicted molar refractivity (Wildman–Crippen MR) is 96.0 cm³/mol. The van der Waals surface area contributed by atoms with Crippen LogP contribution >= 0.6 is 0 Å². The molecular weight excluding hydrogens is 313 g/mol. The van der Waals surface area contributed by atoms with Crippen LogP contribution < -0.4 is 3.79 Å². The van der Waals surface area contributed by atoms with E-state index in [9.17, 15) is 0 Å². The minimum absolute atomic E-state index is 0.181. The Morgan fingerprint density at radius 1 is 0.833 bits per heavy atom. The Bertz CT molecular complexity index is 917. The molecule has 0 aliphatic heterocycles. The van der Waals surface area contributed by atoms with Gasteiger partial charge in [0.15, 0.2) is 5.58 Å². The molecule has 1 radical (unpaired) electrons. The molecular formula is C20H15AlNO2. The minimum atomic E-state index is -0.181. The zero-order chi connectivity index (χ0) is 16.2. The van der Waals surface area contributed by atoms with E-state index in [2.05, 4.69) is 29.2 Å². The van der Waals surface area contributed by atoms with Crippen LogP contribution in [-0.2, 0) is 5.28 Å². The van der Waals surface area contributed by atoms with Crippen LogP contribution in [0.3, 0.4) is 0 Å². The van der Waals surface area contributed by atoms with Crippen molar-refractivity contribution in [2.24, 2.45) is 0 Å². The van der Waals surface area contributed by atoms with Crippen molar-refractivity contribution < 1.29 is 8.21 Å². The first-order chi connectivity index (χ1) is 11.9. The first-order valence-electron chi connectivity index (χ1n) is 7.87. The monoisotopic (exact) mass is 328 g/mol. The average molecular weight is 328 g/mol. The summed E-state index contributed by atoms with van der Waals surface area (Å²) in [5.41, 5.74) is 3.85. The molecule has 24 heavy (non-hydrogen) atoms. The molecule has 0 saturated heterocycles. The van der Waals surface area contributed by atoms with E-state index in [1.165, 1.54) is 5.56 Å². The second-order valence-corrected chi connectivity index (χ2v) is 6.43. The molecule has 0 amide bonds. The Labute approximate surface area is 147 Å². The largest absolute Gasteiger partial charge is 0.647 e. The van der Waals surface area contributed by atoms with Crippen molar-refractivity contribution in [2.45, 2.75) is 5.28 Å². The van der Waals surface area contributed by atoms with Crippen molar-refractivity contribution >= 4 is 26.7 Å². The van der Waals surface area contributed by atoms with Crippen LogP contribution in [0.4, 0.5) is 0 Å². The maximum Gasteiger partial charge on any atom is 0.528 e. The maximum atomic E-state index is 6.07. The standard InChI is InChI=1S/C13H9NO2.C7H7.Al/c15-11-7-3-1-5-9(11)13-14-10-6-2-4-8-12(10)16-13;1-7-5-3-2-4-6-7;/h1-8,15H;2-6H,1H2;/q;;+1/p-1. The molecule has 0 N–H and O–H groups in total. The van der Waals surface area contributed by atoms with Crippen molar-refractivity contribution in [2.75, 3.05) is 0 Å². The summed E-state index contributed by atoms with van der Waals surface area (Å²) < 4.78 is 12.0. The third kappa shape index (κ3) is 3.21. The number of benzene rings is 3. The molecule has 0 atom stereocenters. The van der Waals surface area contributed by atoms with E-state index in [-0.39, 0.29) is 15.6 Å². The zero-order valence-corrected chi connectivity index (χ0v) is 14.2. The van der Waals surface area contributed by atoms with Crippen LogP contribution in [-0.4, -0.2) is 20.5 Å². The fourth-order valence-corrected chi connectivity index (χ4v) is 3.51. The lowest BCUT2D eigenvalue weighted by molar-refractivity contribution is 0.580. The number of oxazole rings is 1. The highest BCUT2D eigenvalue weighted by Crippen LogP contribution is 2.31. The molecule has 1 aromatic heterocycles. The second kappa shape index (κ2) is 6.92. The Kier molecular flexibility index (Phi) is 4.33. The summed E-state index contributed by atoms with van der Waals surface area (Å²) in [5.74, 6) is 1.43. The molecule has 0 aliphatic carbocycles. The lowest BCUT2D eigenvalue weighted by atomic mass is 10.2. The molecule has 4 rings (SSSR count). The van der Waals surface area contributed by atoms with E-state index in [4.69, 9.17) is 8.21 Å². The normalized spacial score (nSPS) is 10.7. The number of hydrogen-bond acceptors (Lipinski definition) is 3. The van der Waals surface area contributed by atoms with Gasteiger partial charge in [0.25, 0.3) is 0 Å². The van der Waals surface area contributed by atoms with Gasteiger partial charge in [0.05, 0.1) is 11.3 Å². The average Bonchev–Trinajstić information content (AvgIpc) is 3.07. The fraction of sp³-hybridized carbons (Fsp3) is 0.0500. The number of nitrogens with zero attached hydrogens (tertiary/aromatic N) is 1. The van der Waals surface area contributed by atoms with Gasteiger partial charge in [0, 0.05) is 0 Å². The van der Waals surface area contributed by atoms with Gasteiger partial charge >= 0.3 is 15.6 Å². The van der Waals surface area contributed by atoms with Crippen molar-refractivity contribution in [3.05, 3.63) is 84.4 Å². The number of fused-ring (bicyclic) bond motifs is 1. The predicted octanol–water partition coefficient (Wildman–Crippen LogP) is 4.69. The van der Waals surface area contributed by atoms with E-state index in [0.717, 1.165) is 27.7 Å². The van der Waals surface area contributed by atoms with E-state index >= 15 is 0 Å². The Morgan fingerprint density at radius 2 is 1.58 bits per heavy atom. The van der Waals surface area contributed by atoms with Gasteiger partial charge in [-0.15, -0.1) is 0 Å². The summed E-state index contributed by atoms with van der Waals surface area (Å²) in [4.78, 5) is 4.57. The van der Waals surface area contributed by atoms with Gasteiger partial charge < -0.3 is 8.21 Å². The van der Waals surface area contributed by atoms with Crippen LogP contribution in [0, 0.1) is 0 Å². The molecule has 4 aromatic rings. The van der Waals surface area contributed by atoms with E-state index < -0.39 is 0 Å². The summed E-state index contributed by atoms with van der Waals surface area (Å²) in [6.45, 7) is 0. The molecule has 0 fully saturated rings. The summed E-state index contributed by atoms with van der Waals surface area (Å²) in [5, 5.41) is 0.947. The second-order valence-electron chi connectivity index (χ2n) is 5.46. The van der Waals surface area contributed by atoms with Crippen molar-refractivity contribution in [1.82, 2.24) is 4.98 Å². The number of para-hydroxylation sites is 3. The molecule has 3 nitrogen and oxygen atoms in total. The van der Waals surface area contributed by atoms with Crippen molar-refractivity contribution in [1.29, 1.82) is 0 Å². The number of rotatable bonds is 5. The van der Waals surface area contributed by atoms with Crippen LogP contribution in [0.2, 0.25) is 0 Å². The maximum absolute atomic E-state index is 6.07. The summed E-state index contributed by atoms with van der Waals surface area (Å²) in [6.07, 6.45) is 0. The van der Waals surface area contributed by atoms with Crippen LogP contribution in [0.15, 0.2) is 83.3 Å². The van der Waals surface area contributed by atoms with Gasteiger partial charge in [-0.3, -0.25) is 0 Å². The van der Waals surface area contributed by atoms with Gasteiger partial charge in [-0.2, -0.15) is 0 Å². The molecule has 0 aliphatic rings. The van der Waals surface area contributed by atoms with E-state index in [1.807, 2.05) is 54.6 Å². The van der Waals surface area contributed by atoms with Gasteiger partial charge in [-0.1, -0.05) is 60.2 Å². The van der Waals surface area contributed by atoms with Gasteiger partial charge in [0.1, 0.15) is 5.52 Å². The Morgan fingerprint density at radius 3 is 2.46 bits per heavy atom. The summed E-state index contributed by atoms with van der Waals surface area (Å²) in [7, 11) is 0. The summed E-state index contributed by atoms with van der Waals surface area (Å²) in [6, 6.07) is 26.1. The Balaban J connectivity index is 1.56. The highest BCUT2D eigenvalue weighted by atomic mass is 27.1. The number of hydrogen-bond donors (Lipinski definition) is 0. The third-order valence-electron chi connectivity index (χ3n) is 3.78. The van der Waals surface area contributed by atoms with Gasteiger partial charge in [-0.05, 0) is 29.5 Å². The topological polar surface area (TPSA) is 35.3 Å². The van der Waals surface area contributed by atoms with Gasteiger partial charge in [-0.25, -0.2) is 4.98 Å². The fourth-order valence-electron chi connectivity index (χ4n) is 2.58. The molecule has 3 aromatic carbocycles. The molecule has 0 unspecified atom stereocenters. The molecule has 1 heterocycles. The molecule has 115 valence electrons. The van der Waals surface area contributed by atoms with Crippen molar-refractivity contribution in [3.8, 4) is 17.2 Å². The van der Waals surface area contributed by atoms with Crippen LogP contribution in [0.5, 0.6) is 5.75 Å². The smallest absolute Gasteiger partial charge is 0.528 e.